The van der Waals surface area contributed by atoms with Crippen LogP contribution >= 0.6 is 11.3 Å². The molecule has 0 aliphatic rings. The molecule has 0 radical (unpaired) electrons. The lowest BCUT2D eigenvalue weighted by Crippen LogP contribution is -2.23. The molecule has 4 nitrogen and oxygen atoms in total. The van der Waals surface area contributed by atoms with Crippen molar-refractivity contribution in [3.8, 4) is 10.6 Å². The molecule has 0 unspecified atom stereocenters. The van der Waals surface area contributed by atoms with Crippen molar-refractivity contribution in [3.63, 3.8) is 0 Å². The van der Waals surface area contributed by atoms with Crippen molar-refractivity contribution in [3.05, 3.63) is 70.7 Å². The Morgan fingerprint density at radius 2 is 2.00 bits per heavy atom. The van der Waals surface area contributed by atoms with Gasteiger partial charge in [0.1, 0.15) is 16.5 Å². The number of halogens is 1. The largest absolute Gasteiger partial charge is 0.346 e. The molecular formula is C17H14FN3OS. The Morgan fingerprint density at radius 3 is 2.74 bits per heavy atom. The van der Waals surface area contributed by atoms with Crippen LogP contribution in [0.1, 0.15) is 21.1 Å². The molecule has 23 heavy (non-hydrogen) atoms. The van der Waals surface area contributed by atoms with Gasteiger partial charge in [0.15, 0.2) is 0 Å². The Hall–Kier alpha value is -2.60. The first kappa shape index (κ1) is 15.3. The summed E-state index contributed by atoms with van der Waals surface area (Å²) in [6.07, 6.45) is 1.57. The Labute approximate surface area is 137 Å². The maximum absolute atomic E-state index is 13.8. The predicted octanol–water partition coefficient (Wildman–Crippen LogP) is 3.58. The molecule has 0 spiro atoms. The number of amides is 1. The number of pyridine rings is 1. The van der Waals surface area contributed by atoms with Gasteiger partial charge < -0.3 is 5.32 Å². The molecule has 6 heteroatoms. The van der Waals surface area contributed by atoms with E-state index < -0.39 is 0 Å². The fraction of sp³-hybridized carbons (Fsp3) is 0.118. The van der Waals surface area contributed by atoms with E-state index in [2.05, 4.69) is 15.3 Å². The maximum atomic E-state index is 13.8. The highest BCUT2D eigenvalue weighted by Crippen LogP contribution is 2.29. The molecule has 1 N–H and O–H groups in total. The molecule has 0 atom stereocenters. The van der Waals surface area contributed by atoms with Gasteiger partial charge in [-0.25, -0.2) is 9.37 Å². The van der Waals surface area contributed by atoms with Crippen LogP contribution in [0.3, 0.4) is 0 Å². The molecule has 0 aliphatic heterocycles. The number of thiazole rings is 1. The van der Waals surface area contributed by atoms with Gasteiger partial charge in [-0.2, -0.15) is 0 Å². The minimum Gasteiger partial charge on any atom is -0.346 e. The van der Waals surface area contributed by atoms with Crippen LogP contribution < -0.4 is 5.32 Å². The van der Waals surface area contributed by atoms with Gasteiger partial charge in [-0.3, -0.25) is 9.78 Å². The summed E-state index contributed by atoms with van der Waals surface area (Å²) in [6, 6.07) is 11.7. The van der Waals surface area contributed by atoms with E-state index in [-0.39, 0.29) is 11.7 Å². The molecule has 3 aromatic rings. The van der Waals surface area contributed by atoms with E-state index in [9.17, 15) is 9.18 Å². The van der Waals surface area contributed by atoms with Crippen molar-refractivity contribution < 1.29 is 9.18 Å². The lowest BCUT2D eigenvalue weighted by atomic mass is 10.2. The fourth-order valence-corrected chi connectivity index (χ4v) is 3.12. The lowest BCUT2D eigenvalue weighted by molar-refractivity contribution is 0.0946. The zero-order chi connectivity index (χ0) is 16.2. The summed E-state index contributed by atoms with van der Waals surface area (Å²) >= 11 is 1.38. The van der Waals surface area contributed by atoms with Crippen molar-refractivity contribution in [2.75, 3.05) is 0 Å². The zero-order valence-electron chi connectivity index (χ0n) is 12.4. The summed E-state index contributed by atoms with van der Waals surface area (Å²) in [7, 11) is 0. The Kier molecular flexibility index (Phi) is 4.43. The first-order chi connectivity index (χ1) is 11.1. The second-order valence-electron chi connectivity index (χ2n) is 4.91. The molecule has 0 bridgehead atoms. The van der Waals surface area contributed by atoms with Crippen LogP contribution in [0.25, 0.3) is 10.6 Å². The van der Waals surface area contributed by atoms with Gasteiger partial charge >= 0.3 is 0 Å². The van der Waals surface area contributed by atoms with Gasteiger partial charge in [0, 0.05) is 16.6 Å². The van der Waals surface area contributed by atoms with Crippen molar-refractivity contribution in [2.45, 2.75) is 13.5 Å². The van der Waals surface area contributed by atoms with Gasteiger partial charge in [0.25, 0.3) is 5.91 Å². The summed E-state index contributed by atoms with van der Waals surface area (Å²) in [5, 5.41) is 3.42. The molecule has 2 aromatic heterocycles. The number of aromatic nitrogens is 2. The van der Waals surface area contributed by atoms with Gasteiger partial charge in [-0.05, 0) is 31.2 Å². The van der Waals surface area contributed by atoms with E-state index in [1.54, 1.807) is 42.6 Å². The summed E-state index contributed by atoms with van der Waals surface area (Å²) in [6.45, 7) is 2.19. The molecule has 2 heterocycles. The lowest BCUT2D eigenvalue weighted by Gasteiger charge is -2.03. The van der Waals surface area contributed by atoms with Crippen LogP contribution in [0.4, 0.5) is 4.39 Å². The second kappa shape index (κ2) is 6.66. The SMILES string of the molecule is Cc1nc(-c2ccccc2F)sc1CNC(=O)c1ccccn1. The minimum absolute atomic E-state index is 0.245. The van der Waals surface area contributed by atoms with Crippen molar-refractivity contribution in [1.82, 2.24) is 15.3 Å². The molecule has 0 fully saturated rings. The third kappa shape index (κ3) is 3.43. The highest BCUT2D eigenvalue weighted by Gasteiger charge is 2.14. The summed E-state index contributed by atoms with van der Waals surface area (Å²) < 4.78 is 13.8. The fourth-order valence-electron chi connectivity index (χ4n) is 2.09. The number of benzene rings is 1. The van der Waals surface area contributed by atoms with E-state index in [1.165, 1.54) is 17.4 Å². The van der Waals surface area contributed by atoms with Gasteiger partial charge in [-0.15, -0.1) is 11.3 Å². The normalized spacial score (nSPS) is 10.5. The molecule has 3 rings (SSSR count). The summed E-state index contributed by atoms with van der Waals surface area (Å²) in [5.41, 5.74) is 1.63. The molecule has 1 amide bonds. The van der Waals surface area contributed by atoms with Crippen LogP contribution in [0, 0.1) is 12.7 Å². The number of hydrogen-bond acceptors (Lipinski definition) is 4. The third-order valence-electron chi connectivity index (χ3n) is 3.30. The number of hydrogen-bond donors (Lipinski definition) is 1. The van der Waals surface area contributed by atoms with E-state index in [0.717, 1.165) is 10.6 Å². The zero-order valence-corrected chi connectivity index (χ0v) is 13.2. The monoisotopic (exact) mass is 327 g/mol. The molecule has 1 aromatic carbocycles. The number of carbonyl (C=O) groups excluding carboxylic acids is 1. The number of rotatable bonds is 4. The molecule has 0 aliphatic carbocycles. The predicted molar refractivity (Wildman–Crippen MR) is 87.7 cm³/mol. The molecule has 0 saturated carbocycles. The van der Waals surface area contributed by atoms with Gasteiger partial charge in [0.2, 0.25) is 0 Å². The number of aryl methyl sites for hydroxylation is 1. The van der Waals surface area contributed by atoms with E-state index in [4.69, 9.17) is 0 Å². The Balaban J connectivity index is 1.75. The highest BCUT2D eigenvalue weighted by molar-refractivity contribution is 7.15. The Bertz CT molecular complexity index is 833. The second-order valence-corrected chi connectivity index (χ2v) is 5.99. The molecule has 116 valence electrons. The van der Waals surface area contributed by atoms with Crippen LogP contribution in [0.2, 0.25) is 0 Å². The number of carbonyl (C=O) groups is 1. The van der Waals surface area contributed by atoms with E-state index in [0.29, 0.717) is 22.8 Å². The van der Waals surface area contributed by atoms with E-state index >= 15 is 0 Å². The average molecular weight is 327 g/mol. The molecular weight excluding hydrogens is 313 g/mol. The Morgan fingerprint density at radius 1 is 1.22 bits per heavy atom. The highest BCUT2D eigenvalue weighted by atomic mass is 32.1. The number of nitrogens with zero attached hydrogens (tertiary/aromatic N) is 2. The first-order valence-corrected chi connectivity index (χ1v) is 7.87. The smallest absolute Gasteiger partial charge is 0.270 e. The summed E-state index contributed by atoms with van der Waals surface area (Å²) in [5.74, 6) is -0.545. The quantitative estimate of drug-likeness (QED) is 0.797. The van der Waals surface area contributed by atoms with Crippen molar-refractivity contribution in [2.24, 2.45) is 0 Å². The van der Waals surface area contributed by atoms with Crippen LogP contribution in [-0.2, 0) is 6.54 Å². The standard InChI is InChI=1S/C17H14FN3OS/c1-11-15(10-20-16(22)14-8-4-5-9-19-14)23-17(21-11)12-6-2-3-7-13(12)18/h2-9H,10H2,1H3,(H,20,22). The first-order valence-electron chi connectivity index (χ1n) is 7.05. The van der Waals surface area contributed by atoms with Crippen molar-refractivity contribution in [1.29, 1.82) is 0 Å². The van der Waals surface area contributed by atoms with Gasteiger partial charge in [0.05, 0.1) is 12.2 Å². The third-order valence-corrected chi connectivity index (χ3v) is 4.49. The topological polar surface area (TPSA) is 54.9 Å². The van der Waals surface area contributed by atoms with Crippen molar-refractivity contribution >= 4 is 17.2 Å². The molecule has 0 saturated heterocycles. The maximum Gasteiger partial charge on any atom is 0.270 e. The van der Waals surface area contributed by atoms with Crippen LogP contribution in [0.15, 0.2) is 48.7 Å². The van der Waals surface area contributed by atoms with Gasteiger partial charge in [-0.1, -0.05) is 18.2 Å². The van der Waals surface area contributed by atoms with Crippen LogP contribution in [-0.4, -0.2) is 15.9 Å². The minimum atomic E-state index is -0.301. The van der Waals surface area contributed by atoms with Crippen LogP contribution in [0.5, 0.6) is 0 Å². The number of nitrogens with one attached hydrogen (secondary N) is 1. The summed E-state index contributed by atoms with van der Waals surface area (Å²) in [4.78, 5) is 21.3. The average Bonchev–Trinajstić information content (AvgIpc) is 2.94. The van der Waals surface area contributed by atoms with E-state index in [1.807, 2.05) is 6.92 Å².